The van der Waals surface area contributed by atoms with Crippen LogP contribution in [0.1, 0.15) is 5.56 Å². The van der Waals surface area contributed by atoms with Crippen LogP contribution < -0.4 is 15.0 Å². The van der Waals surface area contributed by atoms with Gasteiger partial charge in [0.2, 0.25) is 0 Å². The van der Waals surface area contributed by atoms with E-state index in [-0.39, 0.29) is 18.6 Å². The maximum atomic E-state index is 12.0. The van der Waals surface area contributed by atoms with Crippen molar-refractivity contribution in [1.82, 2.24) is 5.32 Å². The van der Waals surface area contributed by atoms with Gasteiger partial charge in [0, 0.05) is 17.1 Å². The molecule has 2 aromatic carbocycles. The van der Waals surface area contributed by atoms with Crippen LogP contribution in [-0.4, -0.2) is 44.9 Å². The lowest BCUT2D eigenvalue weighted by Crippen LogP contribution is -3.13. The lowest BCUT2D eigenvalue weighted by Gasteiger charge is -2.30. The van der Waals surface area contributed by atoms with Gasteiger partial charge in [-0.3, -0.25) is 4.79 Å². The topological polar surface area (TPSA) is 52.0 Å². The van der Waals surface area contributed by atoms with E-state index in [0.29, 0.717) is 28.9 Å². The Morgan fingerprint density at radius 1 is 1.22 bits per heavy atom. The molecule has 1 saturated heterocycles. The molecule has 2 aromatic rings. The number of ether oxygens (including phenoxy) is 2. The summed E-state index contributed by atoms with van der Waals surface area (Å²) in [5, 5.41) is 3.77. The van der Waals surface area contributed by atoms with Crippen LogP contribution in [0.25, 0.3) is 0 Å². The van der Waals surface area contributed by atoms with Crippen LogP contribution >= 0.6 is 23.2 Å². The number of hydrogen-bond acceptors (Lipinski definition) is 3. The maximum absolute atomic E-state index is 12.0. The van der Waals surface area contributed by atoms with Gasteiger partial charge in [0.05, 0.1) is 11.6 Å². The van der Waals surface area contributed by atoms with Crippen molar-refractivity contribution in [2.45, 2.75) is 12.6 Å². The fourth-order valence-corrected chi connectivity index (χ4v) is 3.51. The fourth-order valence-electron chi connectivity index (χ4n) is 3.04. The zero-order valence-electron chi connectivity index (χ0n) is 14.9. The van der Waals surface area contributed by atoms with E-state index < -0.39 is 0 Å². The summed E-state index contributed by atoms with van der Waals surface area (Å²) in [4.78, 5) is 13.5. The average Bonchev–Trinajstić information content (AvgIpc) is 2.67. The van der Waals surface area contributed by atoms with Crippen molar-refractivity contribution in [3.63, 3.8) is 0 Å². The molecule has 2 N–H and O–H groups in total. The summed E-state index contributed by atoms with van der Waals surface area (Å²) in [6, 6.07) is 15.3. The van der Waals surface area contributed by atoms with E-state index in [2.05, 4.69) is 29.6 Å². The van der Waals surface area contributed by atoms with E-state index in [1.165, 1.54) is 10.5 Å². The highest BCUT2D eigenvalue weighted by Crippen LogP contribution is 2.27. The number of rotatable bonds is 7. The van der Waals surface area contributed by atoms with Crippen LogP contribution in [0.3, 0.4) is 0 Å². The Balaban J connectivity index is 1.40. The first-order valence-electron chi connectivity index (χ1n) is 8.94. The third kappa shape index (κ3) is 6.40. The van der Waals surface area contributed by atoms with Crippen molar-refractivity contribution in [1.29, 1.82) is 0 Å². The van der Waals surface area contributed by atoms with E-state index in [1.807, 2.05) is 6.07 Å². The van der Waals surface area contributed by atoms with Crippen LogP contribution in [0.5, 0.6) is 5.75 Å². The summed E-state index contributed by atoms with van der Waals surface area (Å²) in [5.41, 5.74) is 1.31. The second-order valence-corrected chi connectivity index (χ2v) is 7.37. The summed E-state index contributed by atoms with van der Waals surface area (Å²) < 4.78 is 11.2. The van der Waals surface area contributed by atoms with E-state index in [4.69, 9.17) is 32.7 Å². The van der Waals surface area contributed by atoms with Crippen LogP contribution in [0.4, 0.5) is 0 Å². The third-order valence-electron chi connectivity index (χ3n) is 4.40. The smallest absolute Gasteiger partial charge is 0.258 e. The lowest BCUT2D eigenvalue weighted by molar-refractivity contribution is -0.925. The first kappa shape index (κ1) is 20.0. The Bertz CT molecular complexity index is 758. The minimum absolute atomic E-state index is 0.000493. The Morgan fingerprint density at radius 3 is 2.81 bits per heavy atom. The minimum Gasteiger partial charge on any atom is -0.482 e. The fraction of sp³-hybridized carbons (Fsp3) is 0.350. The Morgan fingerprint density at radius 2 is 2.04 bits per heavy atom. The Labute approximate surface area is 169 Å². The summed E-state index contributed by atoms with van der Waals surface area (Å²) in [6.45, 7) is 3.85. The zero-order chi connectivity index (χ0) is 19.1. The average molecular weight is 410 g/mol. The number of carbonyl (C=O) groups is 1. The third-order valence-corrected chi connectivity index (χ3v) is 4.93. The molecule has 1 aliphatic rings. The number of benzene rings is 2. The highest BCUT2D eigenvalue weighted by molar-refractivity contribution is 6.35. The molecule has 1 amide bonds. The molecule has 0 spiro atoms. The van der Waals surface area contributed by atoms with Crippen molar-refractivity contribution in [3.05, 3.63) is 64.1 Å². The van der Waals surface area contributed by atoms with Crippen LogP contribution in [0.15, 0.2) is 48.5 Å². The molecule has 0 aromatic heterocycles. The number of nitrogens with one attached hydrogen (secondary N) is 2. The number of carbonyl (C=O) groups excluding carboxylic acids is 1. The highest BCUT2D eigenvalue weighted by atomic mass is 35.5. The quantitative estimate of drug-likeness (QED) is 0.734. The van der Waals surface area contributed by atoms with Gasteiger partial charge < -0.3 is 19.7 Å². The van der Waals surface area contributed by atoms with E-state index in [0.717, 1.165) is 19.6 Å². The van der Waals surface area contributed by atoms with Gasteiger partial charge in [-0.2, -0.15) is 0 Å². The molecule has 1 heterocycles. The van der Waals surface area contributed by atoms with Gasteiger partial charge in [-0.05, 0) is 18.2 Å². The zero-order valence-corrected chi connectivity index (χ0v) is 16.4. The van der Waals surface area contributed by atoms with Crippen LogP contribution in [-0.2, 0) is 16.1 Å². The standard InChI is InChI=1S/C20H22Cl2N2O3/c21-16-6-7-19(18(22)10-16)27-14-20(25)23-11-17-13-24(8-9-26-17)12-15-4-2-1-3-5-15/h1-7,10,17H,8-9,11-14H2,(H,23,25)/p+1/t17-/m0/s1. The van der Waals surface area contributed by atoms with Gasteiger partial charge in [0.15, 0.2) is 6.61 Å². The molecule has 0 aliphatic carbocycles. The first-order valence-corrected chi connectivity index (χ1v) is 9.69. The molecule has 0 radical (unpaired) electrons. The van der Waals surface area contributed by atoms with Crippen molar-refractivity contribution in [2.24, 2.45) is 0 Å². The van der Waals surface area contributed by atoms with Crippen molar-refractivity contribution >= 4 is 29.1 Å². The lowest BCUT2D eigenvalue weighted by atomic mass is 10.2. The van der Waals surface area contributed by atoms with Gasteiger partial charge in [0.1, 0.15) is 31.5 Å². The molecule has 5 nitrogen and oxygen atoms in total. The number of amides is 1. The largest absolute Gasteiger partial charge is 0.482 e. The molecule has 1 fully saturated rings. The van der Waals surface area contributed by atoms with Crippen molar-refractivity contribution in [2.75, 3.05) is 32.8 Å². The summed E-state index contributed by atoms with van der Waals surface area (Å²) >= 11 is 11.9. The predicted octanol–water partition coefficient (Wildman–Crippen LogP) is 1.97. The molecular formula is C20H23Cl2N2O3+. The molecule has 144 valence electrons. The van der Waals surface area contributed by atoms with Gasteiger partial charge in [-0.1, -0.05) is 53.5 Å². The number of quaternary nitrogens is 1. The summed E-state index contributed by atoms with van der Waals surface area (Å²) in [5.74, 6) is 0.225. The normalized spacial score (nSPS) is 19.5. The number of halogens is 2. The Hall–Kier alpha value is -1.79. The van der Waals surface area contributed by atoms with E-state index >= 15 is 0 Å². The van der Waals surface area contributed by atoms with Gasteiger partial charge >= 0.3 is 0 Å². The molecule has 27 heavy (non-hydrogen) atoms. The first-order chi connectivity index (χ1) is 13.1. The Kier molecular flexibility index (Phi) is 7.35. The molecule has 1 aliphatic heterocycles. The maximum Gasteiger partial charge on any atom is 0.258 e. The summed E-state index contributed by atoms with van der Waals surface area (Å²) in [7, 11) is 0. The highest BCUT2D eigenvalue weighted by Gasteiger charge is 2.24. The molecule has 3 rings (SSSR count). The minimum atomic E-state index is -0.209. The molecular weight excluding hydrogens is 387 g/mol. The second kappa shape index (κ2) is 9.95. The summed E-state index contributed by atoms with van der Waals surface area (Å²) in [6.07, 6.45) is 0.000493. The van der Waals surface area contributed by atoms with Gasteiger partial charge in [0.25, 0.3) is 5.91 Å². The van der Waals surface area contributed by atoms with E-state index in [9.17, 15) is 4.79 Å². The number of hydrogen-bond donors (Lipinski definition) is 2. The van der Waals surface area contributed by atoms with E-state index in [1.54, 1.807) is 18.2 Å². The molecule has 1 unspecified atom stereocenters. The molecule has 0 saturated carbocycles. The monoisotopic (exact) mass is 409 g/mol. The van der Waals surface area contributed by atoms with Crippen LogP contribution in [0, 0.1) is 0 Å². The van der Waals surface area contributed by atoms with Gasteiger partial charge in [-0.25, -0.2) is 0 Å². The molecule has 0 bridgehead atoms. The van der Waals surface area contributed by atoms with Crippen molar-refractivity contribution in [3.8, 4) is 5.75 Å². The number of morpholine rings is 1. The SMILES string of the molecule is O=C(COc1ccc(Cl)cc1Cl)NC[C@H]1C[NH+](Cc2ccccc2)CCO1. The predicted molar refractivity (Wildman–Crippen MR) is 106 cm³/mol. The van der Waals surface area contributed by atoms with Crippen LogP contribution in [0.2, 0.25) is 10.0 Å². The van der Waals surface area contributed by atoms with Gasteiger partial charge in [-0.15, -0.1) is 0 Å². The molecule has 2 atom stereocenters. The molecule has 7 heteroatoms. The second-order valence-electron chi connectivity index (χ2n) is 6.53. The van der Waals surface area contributed by atoms with Crippen molar-refractivity contribution < 1.29 is 19.2 Å².